The Kier molecular flexibility index (Phi) is 2.52. The minimum Gasteiger partial charge on any atom is -0.387 e. The zero-order valence-corrected chi connectivity index (χ0v) is 7.30. The second-order valence-corrected chi connectivity index (χ2v) is 3.80. The lowest BCUT2D eigenvalue weighted by atomic mass is 9.86. The van der Waals surface area contributed by atoms with Gasteiger partial charge in [0.1, 0.15) is 0 Å². The van der Waals surface area contributed by atoms with Gasteiger partial charge in [-0.3, -0.25) is 0 Å². The molecule has 0 spiro atoms. The smallest absolute Gasteiger partial charge is 0.0935 e. The minimum absolute atomic E-state index is 0.0995. The summed E-state index contributed by atoms with van der Waals surface area (Å²) in [4.78, 5) is 0. The standard InChI is InChI=1S/C8H18N2O/c1-6(2)7(9)8(11)3-4-10-5-8/h6-7,10-11H,3-5,9H2,1-2H3. The van der Waals surface area contributed by atoms with Crippen LogP contribution in [0.1, 0.15) is 20.3 Å². The lowest BCUT2D eigenvalue weighted by molar-refractivity contribution is 0.0191. The van der Waals surface area contributed by atoms with Crippen molar-refractivity contribution >= 4 is 0 Å². The number of nitrogens with two attached hydrogens (primary N) is 1. The molecule has 1 heterocycles. The molecule has 0 saturated carbocycles. The van der Waals surface area contributed by atoms with E-state index >= 15 is 0 Å². The van der Waals surface area contributed by atoms with Crippen molar-refractivity contribution < 1.29 is 5.11 Å². The van der Waals surface area contributed by atoms with E-state index in [0.717, 1.165) is 13.0 Å². The van der Waals surface area contributed by atoms with Crippen molar-refractivity contribution in [2.24, 2.45) is 11.7 Å². The second-order valence-electron chi connectivity index (χ2n) is 3.80. The van der Waals surface area contributed by atoms with Crippen LogP contribution in [0, 0.1) is 5.92 Å². The van der Waals surface area contributed by atoms with E-state index in [-0.39, 0.29) is 6.04 Å². The SMILES string of the molecule is CC(C)C(N)C1(O)CCNC1. The van der Waals surface area contributed by atoms with Crippen LogP contribution in [0.25, 0.3) is 0 Å². The van der Waals surface area contributed by atoms with Crippen molar-refractivity contribution in [3.05, 3.63) is 0 Å². The van der Waals surface area contributed by atoms with E-state index in [1.165, 1.54) is 0 Å². The lowest BCUT2D eigenvalue weighted by Gasteiger charge is -2.31. The maximum Gasteiger partial charge on any atom is 0.0935 e. The van der Waals surface area contributed by atoms with Crippen LogP contribution in [0.2, 0.25) is 0 Å². The maximum atomic E-state index is 9.94. The lowest BCUT2D eigenvalue weighted by Crippen LogP contribution is -2.52. The van der Waals surface area contributed by atoms with E-state index in [1.54, 1.807) is 0 Å². The van der Waals surface area contributed by atoms with Crippen molar-refractivity contribution in [1.29, 1.82) is 0 Å². The molecule has 0 aliphatic carbocycles. The molecule has 1 aliphatic rings. The number of aliphatic hydroxyl groups is 1. The van der Waals surface area contributed by atoms with E-state index < -0.39 is 5.60 Å². The van der Waals surface area contributed by atoms with Gasteiger partial charge in [-0.05, 0) is 18.9 Å². The average molecular weight is 158 g/mol. The van der Waals surface area contributed by atoms with E-state index in [4.69, 9.17) is 5.73 Å². The summed E-state index contributed by atoms with van der Waals surface area (Å²) in [7, 11) is 0. The molecule has 0 radical (unpaired) electrons. The molecule has 1 aliphatic heterocycles. The van der Waals surface area contributed by atoms with Gasteiger partial charge in [0.25, 0.3) is 0 Å². The Balaban J connectivity index is 2.56. The molecule has 1 rings (SSSR count). The molecule has 2 unspecified atom stereocenters. The molecule has 2 atom stereocenters. The Morgan fingerprint density at radius 3 is 2.55 bits per heavy atom. The molecular weight excluding hydrogens is 140 g/mol. The molecule has 11 heavy (non-hydrogen) atoms. The molecule has 0 bridgehead atoms. The van der Waals surface area contributed by atoms with Gasteiger partial charge in [-0.2, -0.15) is 0 Å². The highest BCUT2D eigenvalue weighted by Crippen LogP contribution is 2.21. The van der Waals surface area contributed by atoms with Gasteiger partial charge >= 0.3 is 0 Å². The first kappa shape index (κ1) is 8.97. The number of rotatable bonds is 2. The Bertz CT molecular complexity index is 130. The Hall–Kier alpha value is -0.120. The highest BCUT2D eigenvalue weighted by Gasteiger charge is 2.38. The van der Waals surface area contributed by atoms with Crippen LogP contribution in [0.4, 0.5) is 0 Å². The first-order valence-corrected chi connectivity index (χ1v) is 4.25. The average Bonchev–Trinajstić information content (AvgIpc) is 2.35. The van der Waals surface area contributed by atoms with Crippen molar-refractivity contribution in [3.63, 3.8) is 0 Å². The van der Waals surface area contributed by atoms with Crippen LogP contribution in [0.3, 0.4) is 0 Å². The summed E-state index contributed by atoms with van der Waals surface area (Å²) in [5.41, 5.74) is 5.21. The minimum atomic E-state index is -0.659. The number of β-amino-alcohol motifs (C(OH)–C–C–N with tert-alkyl or cyclic N) is 1. The van der Waals surface area contributed by atoms with Gasteiger partial charge < -0.3 is 16.2 Å². The largest absolute Gasteiger partial charge is 0.387 e. The fourth-order valence-corrected chi connectivity index (χ4v) is 1.60. The molecule has 66 valence electrons. The fraction of sp³-hybridized carbons (Fsp3) is 1.00. The molecule has 1 saturated heterocycles. The van der Waals surface area contributed by atoms with Crippen LogP contribution in [0.15, 0.2) is 0 Å². The van der Waals surface area contributed by atoms with Gasteiger partial charge in [0.2, 0.25) is 0 Å². The normalized spacial score (nSPS) is 34.6. The molecule has 0 aromatic heterocycles. The highest BCUT2D eigenvalue weighted by molar-refractivity contribution is 4.97. The van der Waals surface area contributed by atoms with Gasteiger partial charge in [0, 0.05) is 12.6 Å². The van der Waals surface area contributed by atoms with Crippen molar-refractivity contribution in [2.75, 3.05) is 13.1 Å². The quantitative estimate of drug-likeness (QED) is 0.517. The van der Waals surface area contributed by atoms with Crippen LogP contribution >= 0.6 is 0 Å². The Morgan fingerprint density at radius 2 is 2.18 bits per heavy atom. The third-order valence-electron chi connectivity index (χ3n) is 2.50. The molecule has 4 N–H and O–H groups in total. The molecule has 3 nitrogen and oxygen atoms in total. The number of hydrogen-bond acceptors (Lipinski definition) is 3. The van der Waals surface area contributed by atoms with E-state index in [9.17, 15) is 5.11 Å². The van der Waals surface area contributed by atoms with Crippen molar-refractivity contribution in [2.45, 2.75) is 31.9 Å². The zero-order chi connectivity index (χ0) is 8.48. The first-order chi connectivity index (χ1) is 5.06. The second kappa shape index (κ2) is 3.09. The molecule has 0 aromatic rings. The van der Waals surface area contributed by atoms with Crippen molar-refractivity contribution in [3.8, 4) is 0 Å². The van der Waals surface area contributed by atoms with E-state index in [0.29, 0.717) is 12.5 Å². The van der Waals surface area contributed by atoms with E-state index in [2.05, 4.69) is 5.32 Å². The van der Waals surface area contributed by atoms with Gasteiger partial charge in [0.15, 0.2) is 0 Å². The summed E-state index contributed by atoms with van der Waals surface area (Å²) in [5, 5.41) is 13.1. The fourth-order valence-electron chi connectivity index (χ4n) is 1.60. The molecule has 0 aromatic carbocycles. The third-order valence-corrected chi connectivity index (χ3v) is 2.50. The van der Waals surface area contributed by atoms with Crippen LogP contribution in [0.5, 0.6) is 0 Å². The molecular formula is C8H18N2O. The van der Waals surface area contributed by atoms with Gasteiger partial charge in [-0.1, -0.05) is 13.8 Å². The summed E-state index contributed by atoms with van der Waals surface area (Å²) in [6.45, 7) is 5.62. The summed E-state index contributed by atoms with van der Waals surface area (Å²) < 4.78 is 0. The van der Waals surface area contributed by atoms with Gasteiger partial charge in [0.05, 0.1) is 5.60 Å². The summed E-state index contributed by atoms with van der Waals surface area (Å²) in [6.07, 6.45) is 0.784. The topological polar surface area (TPSA) is 58.3 Å². The Labute approximate surface area is 68.0 Å². The molecule has 0 amide bonds. The summed E-state index contributed by atoms with van der Waals surface area (Å²) in [6, 6.07) is -0.0995. The van der Waals surface area contributed by atoms with Crippen LogP contribution in [-0.4, -0.2) is 29.8 Å². The van der Waals surface area contributed by atoms with Gasteiger partial charge in [-0.15, -0.1) is 0 Å². The summed E-state index contributed by atoms with van der Waals surface area (Å²) >= 11 is 0. The highest BCUT2D eigenvalue weighted by atomic mass is 16.3. The predicted octanol–water partition coefficient (Wildman–Crippen LogP) is -0.306. The van der Waals surface area contributed by atoms with Crippen LogP contribution < -0.4 is 11.1 Å². The molecule has 3 heteroatoms. The summed E-state index contributed by atoms with van der Waals surface area (Å²) in [5.74, 6) is 0.347. The van der Waals surface area contributed by atoms with Crippen molar-refractivity contribution in [1.82, 2.24) is 5.32 Å². The number of nitrogens with one attached hydrogen (secondary N) is 1. The predicted molar refractivity (Wildman–Crippen MR) is 45.2 cm³/mol. The third kappa shape index (κ3) is 1.72. The molecule has 1 fully saturated rings. The first-order valence-electron chi connectivity index (χ1n) is 4.25. The maximum absolute atomic E-state index is 9.94. The zero-order valence-electron chi connectivity index (χ0n) is 7.30. The monoisotopic (exact) mass is 158 g/mol. The van der Waals surface area contributed by atoms with E-state index in [1.807, 2.05) is 13.8 Å². The van der Waals surface area contributed by atoms with Gasteiger partial charge in [-0.25, -0.2) is 0 Å². The van der Waals surface area contributed by atoms with Crippen LogP contribution in [-0.2, 0) is 0 Å². The number of hydrogen-bond donors (Lipinski definition) is 3. The Morgan fingerprint density at radius 1 is 1.55 bits per heavy atom.